The molecule has 0 aliphatic rings. The first-order valence-electron chi connectivity index (χ1n) is 6.93. The fourth-order valence-electron chi connectivity index (χ4n) is 2.24. The van der Waals surface area contributed by atoms with Gasteiger partial charge in [0.05, 0.1) is 0 Å². The summed E-state index contributed by atoms with van der Waals surface area (Å²) in [6.45, 7) is 2.19. The van der Waals surface area contributed by atoms with E-state index in [0.717, 1.165) is 0 Å². The fraction of sp³-hybridized carbons (Fsp3) is 1.00. The van der Waals surface area contributed by atoms with Gasteiger partial charge in [-0.05, 0) is 20.8 Å². The highest BCUT2D eigenvalue weighted by molar-refractivity contribution is 6.94. The molecule has 0 aliphatic carbocycles. The number of hydrogen-bond donors (Lipinski definition) is 0. The molecule has 0 rings (SSSR count). The van der Waals surface area contributed by atoms with Gasteiger partial charge in [0.15, 0.2) is 0 Å². The smallest absolute Gasteiger partial charge is 0.376 e. The van der Waals surface area contributed by atoms with Gasteiger partial charge in [0.1, 0.15) is 0 Å². The Hall–Kier alpha value is -0.468. The van der Waals surface area contributed by atoms with Crippen LogP contribution in [0.25, 0.3) is 0 Å². The highest BCUT2D eigenvalue weighted by atomic mass is 28.4. The zero-order valence-electron chi connectivity index (χ0n) is 13.0. The molecule has 0 saturated heterocycles. The standard InChI is InChI=1S/C10H17BF9O3Si/c1-4-21-24(22-5-2,23-6-3)7-11(8(12,13)14,9(15,16)17)10(18,19)20/h4-7H2,1-3H3/q-1. The van der Waals surface area contributed by atoms with E-state index in [1.54, 1.807) is 0 Å². The number of halogens is 9. The summed E-state index contributed by atoms with van der Waals surface area (Å²) in [4.78, 5) is 0. The number of alkyl halides is 9. The van der Waals surface area contributed by atoms with E-state index >= 15 is 0 Å². The Morgan fingerprint density at radius 3 is 1.04 bits per heavy atom. The van der Waals surface area contributed by atoms with Gasteiger partial charge in [-0.2, -0.15) is 0 Å². The second kappa shape index (κ2) is 7.83. The van der Waals surface area contributed by atoms with Gasteiger partial charge in [-0.15, -0.1) is 0 Å². The molecule has 146 valence electrons. The van der Waals surface area contributed by atoms with Gasteiger partial charge in [-0.1, -0.05) is 5.94 Å². The lowest BCUT2D eigenvalue weighted by Gasteiger charge is -2.47. The van der Waals surface area contributed by atoms with Gasteiger partial charge in [0.2, 0.25) is 0 Å². The minimum atomic E-state index is -6.89. The molecule has 3 nitrogen and oxygen atoms in total. The van der Waals surface area contributed by atoms with Crippen LogP contribution in [0.5, 0.6) is 0 Å². The molecule has 0 spiro atoms. The van der Waals surface area contributed by atoms with Gasteiger partial charge in [-0.25, -0.2) is 39.5 Å². The number of rotatable bonds is 8. The third-order valence-electron chi connectivity index (χ3n) is 3.33. The van der Waals surface area contributed by atoms with Crippen molar-refractivity contribution in [1.29, 1.82) is 0 Å². The van der Waals surface area contributed by atoms with Crippen LogP contribution in [-0.2, 0) is 13.3 Å². The average molecular weight is 395 g/mol. The van der Waals surface area contributed by atoms with Crippen molar-refractivity contribution in [3.05, 3.63) is 0 Å². The Kier molecular flexibility index (Phi) is 7.67. The summed E-state index contributed by atoms with van der Waals surface area (Å²) >= 11 is 0. The molecule has 14 heteroatoms. The van der Waals surface area contributed by atoms with Crippen LogP contribution in [0.3, 0.4) is 0 Å². The van der Waals surface area contributed by atoms with Gasteiger partial charge >= 0.3 is 15.0 Å². The molecular weight excluding hydrogens is 378 g/mol. The average Bonchev–Trinajstić information content (AvgIpc) is 2.32. The summed E-state index contributed by atoms with van der Waals surface area (Å²) in [7, 11) is -4.89. The lowest BCUT2D eigenvalue weighted by Crippen LogP contribution is -2.75. The van der Waals surface area contributed by atoms with Crippen LogP contribution in [-0.4, -0.2) is 53.0 Å². The van der Waals surface area contributed by atoms with E-state index in [9.17, 15) is 39.5 Å². The van der Waals surface area contributed by atoms with Crippen molar-refractivity contribution >= 4 is 15.0 Å². The maximum Gasteiger partial charge on any atom is 0.465 e. The van der Waals surface area contributed by atoms with Gasteiger partial charge < -0.3 is 13.3 Å². The normalized spacial score (nSPS) is 15.0. The Morgan fingerprint density at radius 1 is 0.625 bits per heavy atom. The van der Waals surface area contributed by atoms with Gasteiger partial charge in [0.25, 0.3) is 18.2 Å². The summed E-state index contributed by atoms with van der Waals surface area (Å²) < 4.78 is 132. The van der Waals surface area contributed by atoms with Crippen LogP contribution in [0, 0.1) is 0 Å². The number of hydrogen-bond acceptors (Lipinski definition) is 3. The molecule has 0 aliphatic heterocycles. The van der Waals surface area contributed by atoms with Crippen LogP contribution < -0.4 is 0 Å². The molecular formula is C10H17BF9O3Si-. The molecule has 0 aromatic rings. The Morgan fingerprint density at radius 2 is 0.875 bits per heavy atom. The molecule has 24 heavy (non-hydrogen) atoms. The van der Waals surface area contributed by atoms with Crippen LogP contribution in [0.4, 0.5) is 39.5 Å². The van der Waals surface area contributed by atoms with E-state index < -0.39 is 58.9 Å². The molecule has 0 aromatic carbocycles. The molecule has 0 fully saturated rings. The third-order valence-corrected chi connectivity index (χ3v) is 6.62. The highest BCUT2D eigenvalue weighted by Crippen LogP contribution is 2.54. The largest absolute Gasteiger partial charge is 0.465 e. The van der Waals surface area contributed by atoms with Gasteiger partial charge in [0, 0.05) is 19.8 Å². The molecule has 0 aromatic heterocycles. The van der Waals surface area contributed by atoms with Crippen LogP contribution in [0.1, 0.15) is 20.8 Å². The lowest BCUT2D eigenvalue weighted by atomic mass is 9.23. The van der Waals surface area contributed by atoms with Gasteiger partial charge in [-0.3, -0.25) is 0 Å². The van der Waals surface area contributed by atoms with Crippen molar-refractivity contribution in [3.63, 3.8) is 0 Å². The quantitative estimate of drug-likeness (QED) is 0.453. The third kappa shape index (κ3) is 4.58. The summed E-state index contributed by atoms with van der Waals surface area (Å²) in [5.41, 5.74) is 0. The van der Waals surface area contributed by atoms with Crippen molar-refractivity contribution in [2.75, 3.05) is 19.8 Å². The summed E-state index contributed by atoms with van der Waals surface area (Å²) in [6.07, 6.45) is -26.7. The van der Waals surface area contributed by atoms with E-state index in [1.165, 1.54) is 20.8 Å². The molecule has 0 atom stereocenters. The first-order valence-corrected chi connectivity index (χ1v) is 8.86. The Balaban J connectivity index is 6.42. The molecule has 0 amide bonds. The Labute approximate surface area is 133 Å². The van der Waals surface area contributed by atoms with Crippen molar-refractivity contribution < 1.29 is 52.8 Å². The summed E-state index contributed by atoms with van der Waals surface area (Å²) in [5, 5.41) is 0. The first kappa shape index (κ1) is 23.5. The molecule has 0 saturated carbocycles. The van der Waals surface area contributed by atoms with Crippen molar-refractivity contribution in [3.8, 4) is 0 Å². The Bertz CT molecular complexity index is 343. The van der Waals surface area contributed by atoms with Crippen LogP contribution in [0.2, 0.25) is 5.94 Å². The summed E-state index contributed by atoms with van der Waals surface area (Å²) in [6, 6.07) is 0. The van der Waals surface area contributed by atoms with E-state index in [1.807, 2.05) is 0 Å². The predicted octanol–water partition coefficient (Wildman–Crippen LogP) is 4.33. The molecule has 0 heterocycles. The molecule has 0 radical (unpaired) electrons. The highest BCUT2D eigenvalue weighted by Gasteiger charge is 2.81. The van der Waals surface area contributed by atoms with Crippen LogP contribution in [0.15, 0.2) is 0 Å². The van der Waals surface area contributed by atoms with Crippen molar-refractivity contribution in [2.45, 2.75) is 44.9 Å². The predicted molar refractivity (Wildman–Crippen MR) is 69.4 cm³/mol. The minimum Gasteiger partial charge on any atom is -0.376 e. The second-order valence-electron chi connectivity index (χ2n) is 4.86. The minimum absolute atomic E-state index is 0.466. The zero-order chi connectivity index (χ0) is 19.4. The van der Waals surface area contributed by atoms with Crippen molar-refractivity contribution in [2.24, 2.45) is 0 Å². The lowest BCUT2D eigenvalue weighted by molar-refractivity contribution is -0.164. The topological polar surface area (TPSA) is 27.7 Å². The maximum absolute atomic E-state index is 13.1. The van der Waals surface area contributed by atoms with E-state index in [4.69, 9.17) is 13.3 Å². The van der Waals surface area contributed by atoms with E-state index in [-0.39, 0.29) is 0 Å². The second-order valence-corrected chi connectivity index (χ2v) is 7.50. The monoisotopic (exact) mass is 395 g/mol. The zero-order valence-corrected chi connectivity index (χ0v) is 14.0. The van der Waals surface area contributed by atoms with Crippen molar-refractivity contribution in [1.82, 2.24) is 0 Å². The van der Waals surface area contributed by atoms with E-state index in [0.29, 0.717) is 0 Å². The maximum atomic E-state index is 13.1. The van der Waals surface area contributed by atoms with Crippen LogP contribution >= 0.6 is 0 Å². The first-order chi connectivity index (χ1) is 10.6. The van der Waals surface area contributed by atoms with E-state index in [2.05, 4.69) is 0 Å². The molecule has 0 bridgehead atoms. The summed E-state index contributed by atoms with van der Waals surface area (Å²) in [5.74, 6) is -2.47. The SMILES string of the molecule is CCO[Si](C[B-](C(F)(F)F)(C(F)(F)F)C(F)(F)F)(OCC)OCC. The molecule has 0 unspecified atom stereocenters. The fourth-order valence-corrected chi connectivity index (χ4v) is 5.61. The molecule has 0 N–H and O–H groups in total.